The third-order valence-electron chi connectivity index (χ3n) is 4.52. The molecule has 0 saturated heterocycles. The van der Waals surface area contributed by atoms with Gasteiger partial charge in [-0.15, -0.1) is 0 Å². The summed E-state index contributed by atoms with van der Waals surface area (Å²) in [5.41, 5.74) is 1.83. The van der Waals surface area contributed by atoms with Crippen molar-refractivity contribution in [3.8, 4) is 11.5 Å². The average molecular weight is 482 g/mol. The summed E-state index contributed by atoms with van der Waals surface area (Å²) in [7, 11) is -4.90. The first-order valence-corrected chi connectivity index (χ1v) is 10.8. The Bertz CT molecular complexity index is 1010. The van der Waals surface area contributed by atoms with Gasteiger partial charge in [-0.05, 0) is 47.4 Å². The molecular weight excluding hydrogens is 466 g/mol. The highest BCUT2D eigenvalue weighted by Gasteiger charge is 2.32. The van der Waals surface area contributed by atoms with Crippen LogP contribution >= 0.6 is 31.0 Å². The van der Waals surface area contributed by atoms with Crippen LogP contribution in [0.2, 0.25) is 10.0 Å². The van der Waals surface area contributed by atoms with Gasteiger partial charge in [0.1, 0.15) is 5.75 Å². The van der Waals surface area contributed by atoms with Crippen molar-refractivity contribution in [2.45, 2.75) is 26.0 Å². The molecule has 12 heteroatoms. The van der Waals surface area contributed by atoms with E-state index in [1.807, 2.05) is 0 Å². The predicted octanol–water partition coefficient (Wildman–Crippen LogP) is 4.56. The van der Waals surface area contributed by atoms with Crippen molar-refractivity contribution in [2.24, 2.45) is 0 Å². The molecule has 1 aliphatic heterocycles. The molecule has 1 amide bonds. The van der Waals surface area contributed by atoms with Crippen molar-refractivity contribution in [3.05, 3.63) is 57.1 Å². The summed E-state index contributed by atoms with van der Waals surface area (Å²) >= 11 is 12.3. The van der Waals surface area contributed by atoms with Gasteiger partial charge in [0.25, 0.3) is 0 Å². The predicted molar refractivity (Wildman–Crippen MR) is 105 cm³/mol. The van der Waals surface area contributed by atoms with E-state index < -0.39 is 20.5 Å². The van der Waals surface area contributed by atoms with E-state index in [2.05, 4.69) is 9.26 Å². The molecule has 1 heterocycles. The van der Waals surface area contributed by atoms with E-state index in [4.69, 9.17) is 33.0 Å². The van der Waals surface area contributed by atoms with Crippen LogP contribution in [0.1, 0.15) is 29.7 Å². The zero-order chi connectivity index (χ0) is 22.2. The van der Waals surface area contributed by atoms with Gasteiger partial charge in [-0.2, -0.15) is 8.78 Å². The molecule has 0 unspecified atom stereocenters. The number of nitrogens with zero attached hydrogens (tertiary/aromatic N) is 1. The van der Waals surface area contributed by atoms with Gasteiger partial charge in [-0.3, -0.25) is 14.6 Å². The van der Waals surface area contributed by atoms with Crippen molar-refractivity contribution in [1.82, 2.24) is 4.90 Å². The summed E-state index contributed by atoms with van der Waals surface area (Å²) in [6, 6.07) is 6.56. The van der Waals surface area contributed by atoms with Crippen LogP contribution in [0.15, 0.2) is 30.3 Å². The molecule has 2 aromatic carbocycles. The molecule has 7 nitrogen and oxygen atoms in total. The topological polar surface area (TPSA) is 96.3 Å². The number of phosphoric acid groups is 1. The van der Waals surface area contributed by atoms with Crippen molar-refractivity contribution in [3.63, 3.8) is 0 Å². The molecule has 2 N–H and O–H groups in total. The van der Waals surface area contributed by atoms with Gasteiger partial charge in [0.15, 0.2) is 5.75 Å². The molecule has 0 aromatic heterocycles. The zero-order valence-electron chi connectivity index (χ0n) is 15.4. The first-order valence-electron chi connectivity index (χ1n) is 8.55. The molecule has 0 aliphatic carbocycles. The van der Waals surface area contributed by atoms with Gasteiger partial charge in [0.05, 0.1) is 16.1 Å². The Morgan fingerprint density at radius 3 is 2.40 bits per heavy atom. The number of amides is 1. The molecule has 0 spiro atoms. The second kappa shape index (κ2) is 8.69. The van der Waals surface area contributed by atoms with Crippen LogP contribution in [-0.4, -0.2) is 33.8 Å². The minimum Gasteiger partial charge on any atom is -0.435 e. The number of carbonyl (C=O) groups is 1. The Kier molecular flexibility index (Phi) is 6.60. The summed E-state index contributed by atoms with van der Waals surface area (Å²) < 4.78 is 45.2. The molecular formula is C18H16Cl2F2NO6P. The molecule has 1 atom stereocenters. The van der Waals surface area contributed by atoms with E-state index in [1.165, 1.54) is 31.2 Å². The van der Waals surface area contributed by atoms with Crippen LogP contribution in [-0.2, 0) is 15.8 Å². The first kappa shape index (κ1) is 22.8. The van der Waals surface area contributed by atoms with Gasteiger partial charge in [-0.1, -0.05) is 29.3 Å². The highest BCUT2D eigenvalue weighted by molar-refractivity contribution is 7.46. The van der Waals surface area contributed by atoms with Crippen molar-refractivity contribution < 1.29 is 37.2 Å². The summed E-state index contributed by atoms with van der Waals surface area (Å²) in [6.07, 6.45) is 0.423. The molecule has 0 bridgehead atoms. The number of halogens is 4. The van der Waals surface area contributed by atoms with Crippen molar-refractivity contribution >= 4 is 36.9 Å². The van der Waals surface area contributed by atoms with E-state index in [1.54, 1.807) is 11.0 Å². The average Bonchev–Trinajstić information content (AvgIpc) is 2.62. The Balaban J connectivity index is 2.08. The highest BCUT2D eigenvalue weighted by atomic mass is 35.5. The summed E-state index contributed by atoms with van der Waals surface area (Å²) in [5, 5.41) is -0.316. The van der Waals surface area contributed by atoms with Crippen LogP contribution in [0.25, 0.3) is 0 Å². The lowest BCUT2D eigenvalue weighted by Crippen LogP contribution is -2.39. The first-order chi connectivity index (χ1) is 14.0. The Morgan fingerprint density at radius 1 is 1.23 bits per heavy atom. The zero-order valence-corrected chi connectivity index (χ0v) is 17.8. The quantitative estimate of drug-likeness (QED) is 0.607. The molecule has 1 aliphatic rings. The number of phosphoric ester groups is 1. The van der Waals surface area contributed by atoms with E-state index >= 15 is 0 Å². The smallest absolute Gasteiger partial charge is 0.435 e. The summed E-state index contributed by atoms with van der Waals surface area (Å²) in [4.78, 5) is 31.8. The fourth-order valence-electron chi connectivity index (χ4n) is 3.42. The normalized spacial score (nSPS) is 16.4. The number of carbonyl (C=O) groups excluding carboxylic acids is 1. The van der Waals surface area contributed by atoms with E-state index in [-0.39, 0.29) is 27.5 Å². The lowest BCUT2D eigenvalue weighted by Gasteiger charge is -2.37. The monoisotopic (exact) mass is 481 g/mol. The largest absolute Gasteiger partial charge is 0.524 e. The maximum atomic E-state index is 12.5. The summed E-state index contributed by atoms with van der Waals surface area (Å²) in [5.74, 6) is -0.622. The Hall–Kier alpha value is -1.90. The van der Waals surface area contributed by atoms with Crippen molar-refractivity contribution in [2.75, 3.05) is 6.54 Å². The van der Waals surface area contributed by atoms with Crippen LogP contribution in [0.5, 0.6) is 11.5 Å². The lowest BCUT2D eigenvalue weighted by atomic mass is 9.88. The standard InChI is InChI=1S/C18H16Cl2F2NO6P/c1-9(24)23-5-4-10-6-12(28-18(21)22)2-3-13(10)16(23)11-7-14(19)17(15(20)8-11)29-30(25,26)27/h2-3,6-8,16,18H,4-5H2,1H3,(H2,25,26,27)/t16-/m1/s1. The number of ether oxygens (including phenoxy) is 1. The molecule has 0 fully saturated rings. The second-order valence-electron chi connectivity index (χ2n) is 6.50. The van der Waals surface area contributed by atoms with Crippen LogP contribution < -0.4 is 9.26 Å². The molecule has 3 rings (SSSR count). The van der Waals surface area contributed by atoms with Gasteiger partial charge in [0.2, 0.25) is 5.91 Å². The third kappa shape index (κ3) is 5.04. The fourth-order valence-corrected chi connectivity index (χ4v) is 4.54. The number of rotatable bonds is 5. The van der Waals surface area contributed by atoms with E-state index in [0.29, 0.717) is 29.7 Å². The number of alkyl halides is 2. The number of hydrogen-bond acceptors (Lipinski definition) is 4. The van der Waals surface area contributed by atoms with Gasteiger partial charge in [-0.25, -0.2) is 4.57 Å². The van der Waals surface area contributed by atoms with E-state index in [0.717, 1.165) is 0 Å². The van der Waals surface area contributed by atoms with Crippen LogP contribution in [0.3, 0.4) is 0 Å². The van der Waals surface area contributed by atoms with Gasteiger partial charge >= 0.3 is 14.4 Å². The number of benzene rings is 2. The minimum atomic E-state index is -4.90. The molecule has 2 aromatic rings. The fraction of sp³-hybridized carbons (Fsp3) is 0.278. The Morgan fingerprint density at radius 2 is 1.87 bits per heavy atom. The number of hydrogen-bond donors (Lipinski definition) is 2. The van der Waals surface area contributed by atoms with Crippen molar-refractivity contribution in [1.29, 1.82) is 0 Å². The molecule has 0 saturated carbocycles. The maximum Gasteiger partial charge on any atom is 0.524 e. The lowest BCUT2D eigenvalue weighted by molar-refractivity contribution is -0.130. The molecule has 162 valence electrons. The minimum absolute atomic E-state index is 0.000215. The molecule has 0 radical (unpaired) electrons. The maximum absolute atomic E-state index is 12.5. The van der Waals surface area contributed by atoms with Gasteiger partial charge < -0.3 is 14.2 Å². The number of fused-ring (bicyclic) bond motifs is 1. The highest BCUT2D eigenvalue weighted by Crippen LogP contribution is 2.47. The Labute approximate surface area is 180 Å². The second-order valence-corrected chi connectivity index (χ2v) is 8.48. The third-order valence-corrected chi connectivity index (χ3v) is 5.50. The van der Waals surface area contributed by atoms with Crippen LogP contribution in [0.4, 0.5) is 8.78 Å². The SMILES string of the molecule is CC(=O)N1CCc2cc(OC(F)F)ccc2[C@H]1c1cc(Cl)c(OP(=O)(O)O)c(Cl)c1. The van der Waals surface area contributed by atoms with E-state index in [9.17, 15) is 18.1 Å². The van der Waals surface area contributed by atoms with Crippen LogP contribution in [0, 0.1) is 0 Å². The van der Waals surface area contributed by atoms with Gasteiger partial charge in [0, 0.05) is 13.5 Å². The summed E-state index contributed by atoms with van der Waals surface area (Å²) in [6.45, 7) is -1.27. The molecule has 30 heavy (non-hydrogen) atoms.